The Bertz CT molecular complexity index is 515. The van der Waals surface area contributed by atoms with Gasteiger partial charge in [-0.05, 0) is 12.1 Å². The number of primary amides is 2. The first kappa shape index (κ1) is 14.2. The molecule has 8 nitrogen and oxygen atoms in total. The van der Waals surface area contributed by atoms with Crippen LogP contribution in [0.5, 0.6) is 0 Å². The van der Waals surface area contributed by atoms with Crippen LogP contribution in [0, 0.1) is 0 Å². The van der Waals surface area contributed by atoms with Crippen LogP contribution >= 0.6 is 0 Å². The molecule has 0 spiro atoms. The molecule has 0 aliphatic rings. The summed E-state index contributed by atoms with van der Waals surface area (Å²) in [6.07, 6.45) is 0. The van der Waals surface area contributed by atoms with Gasteiger partial charge in [0.25, 0.3) is 5.91 Å². The Hall–Kier alpha value is -2.90. The van der Waals surface area contributed by atoms with Crippen LogP contribution in [0.3, 0.4) is 0 Å². The minimum atomic E-state index is -1.29. The summed E-state index contributed by atoms with van der Waals surface area (Å²) in [6.45, 7) is 0.971. The Morgan fingerprint density at radius 1 is 0.895 bits per heavy atom. The molecule has 0 atom stereocenters. The van der Waals surface area contributed by atoms with Crippen molar-refractivity contribution in [3.05, 3.63) is 35.9 Å². The lowest BCUT2D eigenvalue weighted by molar-refractivity contribution is -0.133. The Balaban J connectivity index is 3.21. The largest absolute Gasteiger partial charge is 0.350 e. The molecule has 4 N–H and O–H groups in total. The number of hydrogen-bond acceptors (Lipinski definition) is 4. The van der Waals surface area contributed by atoms with E-state index in [-0.39, 0.29) is 15.6 Å². The average Bonchev–Trinajstić information content (AvgIpc) is 2.34. The molecule has 19 heavy (non-hydrogen) atoms. The van der Waals surface area contributed by atoms with Crippen molar-refractivity contribution in [1.82, 2.24) is 10.0 Å². The molecule has 8 heteroatoms. The number of rotatable bonds is 1. The molecule has 1 rings (SSSR count). The van der Waals surface area contributed by atoms with Crippen LogP contribution < -0.4 is 11.5 Å². The number of imide groups is 2. The molecule has 0 unspecified atom stereocenters. The second kappa shape index (κ2) is 5.63. The number of nitrogens with zero attached hydrogens (tertiary/aromatic N) is 2. The molecular weight excluding hydrogens is 252 g/mol. The standard InChI is InChI=1S/C11H12N4O4/c1-7(16)14(10(12)18)15(11(13)19)9(17)8-5-3-2-4-6-8/h2-6H,1H3,(H2,12,18)(H2,13,19). The summed E-state index contributed by atoms with van der Waals surface area (Å²) in [4.78, 5) is 45.8. The maximum atomic E-state index is 12.1. The maximum Gasteiger partial charge on any atom is 0.341 e. The van der Waals surface area contributed by atoms with Gasteiger partial charge in [0, 0.05) is 12.5 Å². The van der Waals surface area contributed by atoms with Gasteiger partial charge in [0.05, 0.1) is 0 Å². The number of urea groups is 2. The Labute approximate surface area is 108 Å². The number of hydrazine groups is 1. The fraction of sp³-hybridized carbons (Fsp3) is 0.0909. The van der Waals surface area contributed by atoms with E-state index in [9.17, 15) is 19.2 Å². The predicted molar refractivity (Wildman–Crippen MR) is 64.3 cm³/mol. The average molecular weight is 264 g/mol. The van der Waals surface area contributed by atoms with Crippen molar-refractivity contribution in [3.8, 4) is 0 Å². The van der Waals surface area contributed by atoms with E-state index >= 15 is 0 Å². The number of benzene rings is 1. The Kier molecular flexibility index (Phi) is 4.19. The van der Waals surface area contributed by atoms with Gasteiger partial charge in [0.1, 0.15) is 0 Å². The highest BCUT2D eigenvalue weighted by atomic mass is 16.2. The van der Waals surface area contributed by atoms with Gasteiger partial charge in [0.2, 0.25) is 5.91 Å². The van der Waals surface area contributed by atoms with Crippen LogP contribution in [0.2, 0.25) is 0 Å². The van der Waals surface area contributed by atoms with Crippen molar-refractivity contribution in [2.75, 3.05) is 0 Å². The first-order valence-corrected chi connectivity index (χ1v) is 5.15. The first-order chi connectivity index (χ1) is 8.86. The molecule has 0 saturated carbocycles. The van der Waals surface area contributed by atoms with Gasteiger partial charge < -0.3 is 11.5 Å². The third-order valence-electron chi connectivity index (χ3n) is 2.13. The fourth-order valence-corrected chi connectivity index (χ4v) is 1.39. The van der Waals surface area contributed by atoms with Crippen LogP contribution in [0.4, 0.5) is 9.59 Å². The van der Waals surface area contributed by atoms with Crippen molar-refractivity contribution in [2.45, 2.75) is 6.92 Å². The third kappa shape index (κ3) is 3.06. The summed E-state index contributed by atoms with van der Waals surface area (Å²) in [6, 6.07) is 4.99. The van der Waals surface area contributed by atoms with Crippen molar-refractivity contribution < 1.29 is 19.2 Å². The van der Waals surface area contributed by atoms with E-state index in [1.807, 2.05) is 0 Å². The molecular formula is C11H12N4O4. The highest BCUT2D eigenvalue weighted by Crippen LogP contribution is 2.08. The van der Waals surface area contributed by atoms with Gasteiger partial charge in [-0.2, -0.15) is 10.0 Å². The highest BCUT2D eigenvalue weighted by molar-refractivity contribution is 6.07. The minimum Gasteiger partial charge on any atom is -0.350 e. The zero-order chi connectivity index (χ0) is 14.6. The molecule has 0 bridgehead atoms. The maximum absolute atomic E-state index is 12.1. The number of hydrogen-bond donors (Lipinski definition) is 2. The van der Waals surface area contributed by atoms with Crippen LogP contribution in [-0.2, 0) is 4.79 Å². The highest BCUT2D eigenvalue weighted by Gasteiger charge is 2.32. The van der Waals surface area contributed by atoms with Gasteiger partial charge in [-0.25, -0.2) is 9.59 Å². The summed E-state index contributed by atoms with van der Waals surface area (Å²) in [5, 5.41) is 0.373. The summed E-state index contributed by atoms with van der Waals surface area (Å²) >= 11 is 0. The van der Waals surface area contributed by atoms with E-state index < -0.39 is 23.9 Å². The van der Waals surface area contributed by atoms with E-state index in [4.69, 9.17) is 11.5 Å². The Morgan fingerprint density at radius 3 is 1.74 bits per heavy atom. The number of amides is 6. The lowest BCUT2D eigenvalue weighted by Gasteiger charge is -2.27. The molecule has 0 aliphatic carbocycles. The molecule has 6 amide bonds. The lowest BCUT2D eigenvalue weighted by Crippen LogP contribution is -2.58. The van der Waals surface area contributed by atoms with E-state index in [1.54, 1.807) is 18.2 Å². The molecule has 0 heterocycles. The van der Waals surface area contributed by atoms with Crippen molar-refractivity contribution >= 4 is 23.9 Å². The Morgan fingerprint density at radius 2 is 1.37 bits per heavy atom. The zero-order valence-corrected chi connectivity index (χ0v) is 10.1. The molecule has 0 aliphatic heterocycles. The fourth-order valence-electron chi connectivity index (χ4n) is 1.39. The van der Waals surface area contributed by atoms with Crippen molar-refractivity contribution in [3.63, 3.8) is 0 Å². The van der Waals surface area contributed by atoms with Gasteiger partial charge in [-0.3, -0.25) is 9.59 Å². The zero-order valence-electron chi connectivity index (χ0n) is 10.1. The SMILES string of the molecule is CC(=O)N(C(N)=O)N(C(N)=O)C(=O)c1ccccc1. The predicted octanol–water partition coefficient (Wildman–Crippen LogP) is 0.0497. The van der Waals surface area contributed by atoms with Crippen molar-refractivity contribution in [1.29, 1.82) is 0 Å². The molecule has 0 fully saturated rings. The normalized spacial score (nSPS) is 9.53. The molecule has 0 aromatic heterocycles. The third-order valence-corrected chi connectivity index (χ3v) is 2.13. The van der Waals surface area contributed by atoms with Gasteiger partial charge in [-0.1, -0.05) is 18.2 Å². The first-order valence-electron chi connectivity index (χ1n) is 5.15. The second-order valence-corrected chi connectivity index (χ2v) is 3.49. The van der Waals surface area contributed by atoms with Crippen molar-refractivity contribution in [2.24, 2.45) is 11.5 Å². The van der Waals surface area contributed by atoms with E-state index in [0.717, 1.165) is 6.92 Å². The number of carbonyl (C=O) groups excluding carboxylic acids is 4. The van der Waals surface area contributed by atoms with Crippen LogP contribution in [-0.4, -0.2) is 33.9 Å². The smallest absolute Gasteiger partial charge is 0.341 e. The van der Waals surface area contributed by atoms with E-state index in [2.05, 4.69) is 0 Å². The molecule has 100 valence electrons. The molecule has 1 aromatic carbocycles. The summed E-state index contributed by atoms with van der Waals surface area (Å²) in [7, 11) is 0. The molecule has 1 aromatic rings. The summed E-state index contributed by atoms with van der Waals surface area (Å²) in [5.74, 6) is -1.84. The summed E-state index contributed by atoms with van der Waals surface area (Å²) in [5.41, 5.74) is 10.1. The van der Waals surface area contributed by atoms with Crippen LogP contribution in [0.15, 0.2) is 30.3 Å². The number of carbonyl (C=O) groups is 4. The monoisotopic (exact) mass is 264 g/mol. The quantitative estimate of drug-likeness (QED) is 0.694. The molecule has 0 radical (unpaired) electrons. The van der Waals surface area contributed by atoms with Crippen LogP contribution in [0.1, 0.15) is 17.3 Å². The minimum absolute atomic E-state index is 0.0776. The second-order valence-electron chi connectivity index (χ2n) is 3.49. The number of nitrogens with two attached hydrogens (primary N) is 2. The lowest BCUT2D eigenvalue weighted by atomic mass is 10.2. The molecule has 0 saturated heterocycles. The van der Waals surface area contributed by atoms with Gasteiger partial charge in [-0.15, -0.1) is 0 Å². The van der Waals surface area contributed by atoms with Gasteiger partial charge >= 0.3 is 12.1 Å². The van der Waals surface area contributed by atoms with Crippen LogP contribution in [0.25, 0.3) is 0 Å². The van der Waals surface area contributed by atoms with E-state index in [0.29, 0.717) is 0 Å². The van der Waals surface area contributed by atoms with Gasteiger partial charge in [0.15, 0.2) is 0 Å². The topological polar surface area (TPSA) is 127 Å². The van der Waals surface area contributed by atoms with E-state index in [1.165, 1.54) is 12.1 Å². The summed E-state index contributed by atoms with van der Waals surface area (Å²) < 4.78 is 0.